The van der Waals surface area contributed by atoms with Crippen LogP contribution >= 0.6 is 0 Å². The topological polar surface area (TPSA) is 47.6 Å². The van der Waals surface area contributed by atoms with Crippen molar-refractivity contribution >= 4 is 11.6 Å². The average molecular weight is 347 g/mol. The molecule has 0 bridgehead atoms. The minimum absolute atomic E-state index is 0.0110. The van der Waals surface area contributed by atoms with E-state index in [9.17, 15) is 4.79 Å². The van der Waals surface area contributed by atoms with Crippen LogP contribution in [0.1, 0.15) is 66.2 Å². The second kappa shape index (κ2) is 9.23. The fourth-order valence-electron chi connectivity index (χ4n) is 3.38. The van der Waals surface area contributed by atoms with Crippen molar-refractivity contribution in [2.45, 2.75) is 77.9 Å². The molecule has 4 nitrogen and oxygen atoms in total. The lowest BCUT2D eigenvalue weighted by Crippen LogP contribution is -2.48. The molecule has 0 aliphatic heterocycles. The molecule has 0 aromatic heterocycles. The van der Waals surface area contributed by atoms with E-state index in [1.165, 1.54) is 6.42 Å². The molecule has 1 aromatic carbocycles. The number of ether oxygens (including phenoxy) is 2. The Morgan fingerprint density at radius 1 is 1.32 bits per heavy atom. The van der Waals surface area contributed by atoms with Gasteiger partial charge in [0.25, 0.3) is 5.91 Å². The van der Waals surface area contributed by atoms with Crippen LogP contribution in [0.5, 0.6) is 5.75 Å². The Morgan fingerprint density at radius 3 is 2.64 bits per heavy atom. The van der Waals surface area contributed by atoms with Crippen LogP contribution < -0.4 is 10.1 Å². The highest BCUT2D eigenvalue weighted by molar-refractivity contribution is 5.97. The molecule has 0 unspecified atom stereocenters. The third-order valence-corrected chi connectivity index (χ3v) is 4.98. The fourth-order valence-corrected chi connectivity index (χ4v) is 3.38. The van der Waals surface area contributed by atoms with Crippen molar-refractivity contribution in [3.05, 3.63) is 24.3 Å². The first-order valence-corrected chi connectivity index (χ1v) is 9.71. The third kappa shape index (κ3) is 5.46. The third-order valence-electron chi connectivity index (χ3n) is 4.98. The lowest BCUT2D eigenvalue weighted by molar-refractivity contribution is -0.148. The predicted molar refractivity (Wildman–Crippen MR) is 102 cm³/mol. The Hall–Kier alpha value is -1.55. The van der Waals surface area contributed by atoms with Gasteiger partial charge in [0.15, 0.2) is 0 Å². The maximum atomic E-state index is 13.0. The normalized spacial score (nSPS) is 24.6. The molecule has 1 amide bonds. The van der Waals surface area contributed by atoms with E-state index < -0.39 is 5.60 Å². The summed E-state index contributed by atoms with van der Waals surface area (Å²) in [5.41, 5.74) is 0.110. The van der Waals surface area contributed by atoms with Gasteiger partial charge in [-0.15, -0.1) is 0 Å². The molecule has 1 aliphatic rings. The van der Waals surface area contributed by atoms with Crippen LogP contribution in [0.3, 0.4) is 0 Å². The number of carbonyl (C=O) groups is 1. The molecule has 0 heterocycles. The maximum Gasteiger partial charge on any atom is 0.256 e. The van der Waals surface area contributed by atoms with Crippen LogP contribution in [-0.2, 0) is 9.53 Å². The van der Waals surface area contributed by atoms with Crippen molar-refractivity contribution in [3.8, 4) is 5.75 Å². The highest BCUT2D eigenvalue weighted by Gasteiger charge is 2.42. The first-order valence-electron chi connectivity index (χ1n) is 9.71. The Kier molecular flexibility index (Phi) is 7.30. The fraction of sp³-hybridized carbons (Fsp3) is 0.667. The number of benzene rings is 1. The van der Waals surface area contributed by atoms with E-state index >= 15 is 0 Å². The minimum Gasteiger partial charge on any atom is -0.491 e. The van der Waals surface area contributed by atoms with Crippen molar-refractivity contribution in [1.82, 2.24) is 0 Å². The number of rotatable bonds is 8. The number of anilines is 1. The molecule has 140 valence electrons. The van der Waals surface area contributed by atoms with Crippen LogP contribution in [0.15, 0.2) is 24.3 Å². The second-order valence-electron chi connectivity index (χ2n) is 7.36. The van der Waals surface area contributed by atoms with Crippen LogP contribution in [0, 0.1) is 5.92 Å². The number of nitrogens with one attached hydrogen (secondary N) is 1. The van der Waals surface area contributed by atoms with Crippen LogP contribution in [0.2, 0.25) is 0 Å². The summed E-state index contributed by atoms with van der Waals surface area (Å²) in [7, 11) is 0. The van der Waals surface area contributed by atoms with Gasteiger partial charge < -0.3 is 14.8 Å². The summed E-state index contributed by atoms with van der Waals surface area (Å²) in [6.07, 6.45) is 5.90. The summed E-state index contributed by atoms with van der Waals surface area (Å²) in [5, 5.41) is 3.06. The summed E-state index contributed by atoms with van der Waals surface area (Å²) in [6, 6.07) is 7.61. The van der Waals surface area contributed by atoms with E-state index in [1.807, 2.05) is 24.3 Å². The van der Waals surface area contributed by atoms with Gasteiger partial charge in [-0.05, 0) is 69.2 Å². The zero-order valence-electron chi connectivity index (χ0n) is 16.1. The zero-order chi connectivity index (χ0) is 18.3. The van der Waals surface area contributed by atoms with Gasteiger partial charge in [0.1, 0.15) is 11.4 Å². The smallest absolute Gasteiger partial charge is 0.256 e. The molecular formula is C21H33NO3. The highest BCUT2D eigenvalue weighted by atomic mass is 16.5. The molecular weight excluding hydrogens is 314 g/mol. The minimum atomic E-state index is -0.681. The molecule has 1 aromatic rings. The molecule has 1 saturated carbocycles. The predicted octanol–water partition coefficient (Wildman–Crippen LogP) is 5.18. The molecule has 0 spiro atoms. The van der Waals surface area contributed by atoms with Crippen molar-refractivity contribution in [1.29, 1.82) is 0 Å². The van der Waals surface area contributed by atoms with Gasteiger partial charge in [0.2, 0.25) is 0 Å². The summed E-state index contributed by atoms with van der Waals surface area (Å²) in [6.45, 7) is 9.06. The summed E-state index contributed by atoms with van der Waals surface area (Å²) < 4.78 is 11.9. The van der Waals surface area contributed by atoms with Crippen molar-refractivity contribution in [3.63, 3.8) is 0 Å². The van der Waals surface area contributed by atoms with E-state index in [0.29, 0.717) is 12.5 Å². The number of hydrogen-bond donors (Lipinski definition) is 1. The molecule has 1 aliphatic carbocycles. The van der Waals surface area contributed by atoms with Gasteiger partial charge in [-0.25, -0.2) is 0 Å². The van der Waals surface area contributed by atoms with Gasteiger partial charge in [0.05, 0.1) is 6.10 Å². The lowest BCUT2D eigenvalue weighted by Gasteiger charge is -2.38. The van der Waals surface area contributed by atoms with Gasteiger partial charge in [-0.3, -0.25) is 4.79 Å². The van der Waals surface area contributed by atoms with E-state index in [2.05, 4.69) is 33.0 Å². The Bertz CT molecular complexity index is 543. The second-order valence-corrected chi connectivity index (χ2v) is 7.36. The molecule has 25 heavy (non-hydrogen) atoms. The first-order chi connectivity index (χ1) is 12.0. The van der Waals surface area contributed by atoms with Gasteiger partial charge in [-0.1, -0.05) is 27.2 Å². The van der Waals surface area contributed by atoms with E-state index in [4.69, 9.17) is 9.47 Å². The largest absolute Gasteiger partial charge is 0.491 e. The van der Waals surface area contributed by atoms with Crippen LogP contribution in [-0.4, -0.2) is 24.2 Å². The standard InChI is InChI=1S/C21H33NO3/c1-5-14-24-21(13-7-8-16(3)15-21)20(23)22-18-9-11-19(12-10-18)25-17(4)6-2/h9-12,16-17H,5-8,13-15H2,1-4H3,(H,22,23)/t16-,17-,21+/m0/s1. The van der Waals surface area contributed by atoms with Crippen LogP contribution in [0.4, 0.5) is 5.69 Å². The molecule has 0 saturated heterocycles. The average Bonchev–Trinajstić information content (AvgIpc) is 2.61. The molecule has 4 heteroatoms. The first kappa shape index (κ1) is 19.8. The zero-order valence-corrected chi connectivity index (χ0v) is 16.1. The van der Waals surface area contributed by atoms with Gasteiger partial charge in [-0.2, -0.15) is 0 Å². The molecule has 1 N–H and O–H groups in total. The van der Waals surface area contributed by atoms with Crippen LogP contribution in [0.25, 0.3) is 0 Å². The Labute approximate surface area is 152 Å². The number of hydrogen-bond acceptors (Lipinski definition) is 3. The van der Waals surface area contributed by atoms with Gasteiger partial charge >= 0.3 is 0 Å². The van der Waals surface area contributed by atoms with Crippen molar-refractivity contribution in [2.75, 3.05) is 11.9 Å². The van der Waals surface area contributed by atoms with Crippen molar-refractivity contribution in [2.24, 2.45) is 5.92 Å². The number of amides is 1. The maximum absolute atomic E-state index is 13.0. The summed E-state index contributed by atoms with van der Waals surface area (Å²) >= 11 is 0. The van der Waals surface area contributed by atoms with E-state index in [0.717, 1.165) is 43.5 Å². The summed E-state index contributed by atoms with van der Waals surface area (Å²) in [5.74, 6) is 1.33. The Balaban J connectivity index is 2.04. The monoisotopic (exact) mass is 347 g/mol. The van der Waals surface area contributed by atoms with Gasteiger partial charge in [0, 0.05) is 12.3 Å². The number of carbonyl (C=O) groups excluding carboxylic acids is 1. The van der Waals surface area contributed by atoms with E-state index in [1.54, 1.807) is 0 Å². The summed E-state index contributed by atoms with van der Waals surface area (Å²) in [4.78, 5) is 13.0. The SMILES string of the molecule is CCCO[C@]1(C(=O)Nc2ccc(O[C@@H](C)CC)cc2)CCC[C@H](C)C1. The Morgan fingerprint density at radius 2 is 2.04 bits per heavy atom. The van der Waals surface area contributed by atoms with Crippen molar-refractivity contribution < 1.29 is 14.3 Å². The lowest BCUT2D eigenvalue weighted by atomic mass is 9.78. The van der Waals surface area contributed by atoms with E-state index in [-0.39, 0.29) is 12.0 Å². The highest BCUT2D eigenvalue weighted by Crippen LogP contribution is 2.36. The molecule has 2 rings (SSSR count). The molecule has 1 fully saturated rings. The molecule has 0 radical (unpaired) electrons. The quantitative estimate of drug-likeness (QED) is 0.705. The molecule has 3 atom stereocenters.